The number of fused-ring (bicyclic) bond motifs is 1. The van der Waals surface area contributed by atoms with Crippen molar-refractivity contribution in [2.24, 2.45) is 5.73 Å². The molecule has 0 saturated heterocycles. The molecule has 1 aromatic heterocycles. The lowest BCUT2D eigenvalue weighted by Crippen LogP contribution is -2.42. The normalized spacial score (nSPS) is 12.1. The standard InChI is InChI=1S/C15H17N3O2/c1-3-8-18-9-12(11-6-4-5-7-13(11)18)15(20)17-10(2)14(16)19/h3-7,9-10H,1,8H2,2H3,(H2,16,19)(H,17,20). The summed E-state index contributed by atoms with van der Waals surface area (Å²) in [7, 11) is 0. The second-order valence-electron chi connectivity index (χ2n) is 4.60. The van der Waals surface area contributed by atoms with Crippen LogP contribution in [-0.4, -0.2) is 22.4 Å². The topological polar surface area (TPSA) is 77.1 Å². The van der Waals surface area contributed by atoms with Crippen molar-refractivity contribution in [2.45, 2.75) is 19.5 Å². The van der Waals surface area contributed by atoms with Gasteiger partial charge in [-0.1, -0.05) is 24.3 Å². The third kappa shape index (κ3) is 2.56. The molecule has 3 N–H and O–H groups in total. The summed E-state index contributed by atoms with van der Waals surface area (Å²) in [4.78, 5) is 23.3. The van der Waals surface area contributed by atoms with Gasteiger partial charge in [-0.25, -0.2) is 0 Å². The van der Waals surface area contributed by atoms with Crippen molar-refractivity contribution in [1.82, 2.24) is 9.88 Å². The second kappa shape index (κ2) is 5.61. The molecule has 5 nitrogen and oxygen atoms in total. The van der Waals surface area contributed by atoms with Crippen molar-refractivity contribution in [2.75, 3.05) is 0 Å². The van der Waals surface area contributed by atoms with Gasteiger partial charge in [0.25, 0.3) is 5.91 Å². The van der Waals surface area contributed by atoms with E-state index in [1.807, 2.05) is 28.8 Å². The van der Waals surface area contributed by atoms with Crippen LogP contribution < -0.4 is 11.1 Å². The predicted molar refractivity (Wildman–Crippen MR) is 78.3 cm³/mol. The Bertz CT molecular complexity index is 673. The lowest BCUT2D eigenvalue weighted by molar-refractivity contribution is -0.119. The largest absolute Gasteiger partial charge is 0.368 e. The van der Waals surface area contributed by atoms with Crippen molar-refractivity contribution in [3.63, 3.8) is 0 Å². The Kier molecular flexibility index (Phi) is 3.89. The molecule has 0 radical (unpaired) electrons. The zero-order chi connectivity index (χ0) is 14.7. The molecule has 0 aliphatic heterocycles. The van der Waals surface area contributed by atoms with Gasteiger partial charge in [0, 0.05) is 23.6 Å². The van der Waals surface area contributed by atoms with Crippen molar-refractivity contribution in [3.8, 4) is 0 Å². The highest BCUT2D eigenvalue weighted by Crippen LogP contribution is 2.21. The quantitative estimate of drug-likeness (QED) is 0.807. The molecule has 0 saturated carbocycles. The summed E-state index contributed by atoms with van der Waals surface area (Å²) in [6, 6.07) is 6.89. The first-order valence-corrected chi connectivity index (χ1v) is 6.33. The number of nitrogens with two attached hydrogens (primary N) is 1. The Morgan fingerprint density at radius 3 is 2.80 bits per heavy atom. The molecule has 2 aromatic rings. The van der Waals surface area contributed by atoms with Gasteiger partial charge in [0.05, 0.1) is 5.56 Å². The maximum atomic E-state index is 12.2. The van der Waals surface area contributed by atoms with Crippen LogP contribution in [0.5, 0.6) is 0 Å². The summed E-state index contributed by atoms with van der Waals surface area (Å²) in [6.07, 6.45) is 3.52. The molecule has 2 amide bonds. The molecule has 0 fully saturated rings. The van der Waals surface area contributed by atoms with Crippen LogP contribution in [0.3, 0.4) is 0 Å². The smallest absolute Gasteiger partial charge is 0.254 e. The van der Waals surface area contributed by atoms with Gasteiger partial charge in [0.1, 0.15) is 6.04 Å². The minimum atomic E-state index is -0.705. The maximum absolute atomic E-state index is 12.2. The average molecular weight is 271 g/mol. The number of para-hydroxylation sites is 1. The Labute approximate surface area is 117 Å². The van der Waals surface area contributed by atoms with Crippen LogP contribution >= 0.6 is 0 Å². The molecule has 20 heavy (non-hydrogen) atoms. The van der Waals surface area contributed by atoms with Crippen molar-refractivity contribution in [1.29, 1.82) is 0 Å². The monoisotopic (exact) mass is 271 g/mol. The molecule has 1 atom stereocenters. The van der Waals surface area contributed by atoms with E-state index in [1.54, 1.807) is 19.2 Å². The van der Waals surface area contributed by atoms with E-state index in [-0.39, 0.29) is 5.91 Å². The van der Waals surface area contributed by atoms with Gasteiger partial charge in [-0.3, -0.25) is 9.59 Å². The van der Waals surface area contributed by atoms with E-state index in [4.69, 9.17) is 5.73 Å². The number of amides is 2. The summed E-state index contributed by atoms with van der Waals surface area (Å²) in [5.74, 6) is -0.872. The molecule has 1 unspecified atom stereocenters. The van der Waals surface area contributed by atoms with E-state index in [2.05, 4.69) is 11.9 Å². The van der Waals surface area contributed by atoms with E-state index in [9.17, 15) is 9.59 Å². The highest BCUT2D eigenvalue weighted by molar-refractivity contribution is 6.08. The van der Waals surface area contributed by atoms with E-state index in [0.717, 1.165) is 10.9 Å². The van der Waals surface area contributed by atoms with Crippen LogP contribution in [0, 0.1) is 0 Å². The molecule has 1 aromatic carbocycles. The summed E-state index contributed by atoms with van der Waals surface area (Å²) >= 11 is 0. The van der Waals surface area contributed by atoms with Gasteiger partial charge in [0.15, 0.2) is 0 Å². The Morgan fingerprint density at radius 1 is 1.45 bits per heavy atom. The molecule has 0 spiro atoms. The zero-order valence-electron chi connectivity index (χ0n) is 11.3. The maximum Gasteiger partial charge on any atom is 0.254 e. The highest BCUT2D eigenvalue weighted by Gasteiger charge is 2.18. The number of nitrogens with zero attached hydrogens (tertiary/aromatic N) is 1. The summed E-state index contributed by atoms with van der Waals surface area (Å²) in [6.45, 7) is 5.87. The lowest BCUT2D eigenvalue weighted by atomic mass is 10.1. The van der Waals surface area contributed by atoms with Gasteiger partial charge in [0.2, 0.25) is 5.91 Å². The van der Waals surface area contributed by atoms with Crippen molar-refractivity contribution < 1.29 is 9.59 Å². The summed E-state index contributed by atoms with van der Waals surface area (Å²) < 4.78 is 1.94. The number of allylic oxidation sites excluding steroid dienone is 1. The van der Waals surface area contributed by atoms with Gasteiger partial charge >= 0.3 is 0 Å². The number of aromatic nitrogens is 1. The van der Waals surface area contributed by atoms with Crippen LogP contribution in [-0.2, 0) is 11.3 Å². The fourth-order valence-electron chi connectivity index (χ4n) is 2.06. The van der Waals surface area contributed by atoms with Gasteiger partial charge < -0.3 is 15.6 Å². The van der Waals surface area contributed by atoms with E-state index < -0.39 is 11.9 Å². The summed E-state index contributed by atoms with van der Waals surface area (Å²) in [5.41, 5.74) is 6.63. The van der Waals surface area contributed by atoms with Crippen LogP contribution in [0.4, 0.5) is 0 Å². The summed E-state index contributed by atoms with van der Waals surface area (Å²) in [5, 5.41) is 3.43. The molecule has 0 aliphatic rings. The molecule has 0 aliphatic carbocycles. The Hall–Kier alpha value is -2.56. The van der Waals surface area contributed by atoms with E-state index in [0.29, 0.717) is 12.1 Å². The first-order valence-electron chi connectivity index (χ1n) is 6.33. The van der Waals surface area contributed by atoms with Gasteiger partial charge in [-0.05, 0) is 13.0 Å². The molecular formula is C15H17N3O2. The minimum absolute atomic E-state index is 0.310. The van der Waals surface area contributed by atoms with Crippen LogP contribution in [0.2, 0.25) is 0 Å². The molecule has 5 heteroatoms. The molecular weight excluding hydrogens is 254 g/mol. The number of benzene rings is 1. The number of carbonyl (C=O) groups excluding carboxylic acids is 2. The van der Waals surface area contributed by atoms with Crippen LogP contribution in [0.25, 0.3) is 10.9 Å². The van der Waals surface area contributed by atoms with Crippen LogP contribution in [0.1, 0.15) is 17.3 Å². The number of rotatable bonds is 5. The Morgan fingerprint density at radius 2 is 2.15 bits per heavy atom. The molecule has 104 valence electrons. The lowest BCUT2D eigenvalue weighted by Gasteiger charge is -2.09. The fourth-order valence-corrected chi connectivity index (χ4v) is 2.06. The van der Waals surface area contributed by atoms with Crippen molar-refractivity contribution >= 4 is 22.7 Å². The third-order valence-corrected chi connectivity index (χ3v) is 3.13. The minimum Gasteiger partial charge on any atom is -0.368 e. The second-order valence-corrected chi connectivity index (χ2v) is 4.60. The first kappa shape index (κ1) is 13.9. The Balaban J connectivity index is 2.41. The number of primary amides is 1. The van der Waals surface area contributed by atoms with Crippen molar-refractivity contribution in [3.05, 3.63) is 48.7 Å². The SMILES string of the molecule is C=CCn1cc(C(=O)NC(C)C(N)=O)c2ccccc21. The molecule has 0 bridgehead atoms. The van der Waals surface area contributed by atoms with E-state index >= 15 is 0 Å². The number of hydrogen-bond acceptors (Lipinski definition) is 2. The first-order chi connectivity index (χ1) is 9.54. The zero-order valence-corrected chi connectivity index (χ0v) is 11.3. The average Bonchev–Trinajstić information content (AvgIpc) is 2.78. The predicted octanol–water partition coefficient (Wildman–Crippen LogP) is 1.43. The molecule has 1 heterocycles. The van der Waals surface area contributed by atoms with E-state index in [1.165, 1.54) is 0 Å². The van der Waals surface area contributed by atoms with Gasteiger partial charge in [-0.15, -0.1) is 6.58 Å². The number of carbonyl (C=O) groups is 2. The fraction of sp³-hybridized carbons (Fsp3) is 0.200. The highest BCUT2D eigenvalue weighted by atomic mass is 16.2. The third-order valence-electron chi connectivity index (χ3n) is 3.13. The molecule has 2 rings (SSSR count). The van der Waals surface area contributed by atoms with Gasteiger partial charge in [-0.2, -0.15) is 0 Å². The number of hydrogen-bond donors (Lipinski definition) is 2. The number of nitrogens with one attached hydrogen (secondary N) is 1. The van der Waals surface area contributed by atoms with Crippen LogP contribution in [0.15, 0.2) is 43.1 Å².